The molecule has 0 bridgehead atoms. The molecule has 9 nitrogen and oxygen atoms in total. The third kappa shape index (κ3) is 13.2. The molecule has 0 atom stereocenters. The van der Waals surface area contributed by atoms with Gasteiger partial charge in [0.25, 0.3) is 0 Å². The van der Waals surface area contributed by atoms with E-state index in [9.17, 15) is 0 Å². The number of rotatable bonds is 9. The Hall–Kier alpha value is -17.3. The van der Waals surface area contributed by atoms with Gasteiger partial charge in [0.05, 0.1) is 0 Å². The quantitative estimate of drug-likeness (QED) is 0.130. The zero-order valence-corrected chi connectivity index (χ0v) is 77.5. The lowest BCUT2D eigenvalue weighted by Crippen LogP contribution is -2.14. The summed E-state index contributed by atoms with van der Waals surface area (Å²) in [4.78, 5) is 28.4. The van der Waals surface area contributed by atoms with Gasteiger partial charge < -0.3 is 13.3 Å². The van der Waals surface area contributed by atoms with Crippen LogP contribution in [0.4, 0.5) is 0 Å². The second-order valence-corrected chi connectivity index (χ2v) is 39.7. The fourth-order valence-corrected chi connectivity index (χ4v) is 25.4. The molecule has 0 radical (unpaired) electrons. The standard InChI is InChI=1S/C46H26N2OS.C43H28N2OS.C38H22N2OS/c1-2-13-34-32(11-1)33-12-3-4-14-35(33)39-24-27(19-21-36(34)39)28-20-22-41-40(25-28)44-45(49-41)43(47-26-48-44)30-10-7-9-29(23-30)31-16-8-17-38-37-15-5-6-18-42(37)50-46(31)38;1-43(2)35-15-5-3-11-30(35)31-19-17-26(23-36(31)43)25-18-20-37-34(22-25)40-41(46-37)39(44-24-45-40)28-10-7-9-27(21-28)29-13-8-14-33-32-12-4-6-16-38(32)47-42(29)33;1-2-8-24-19-25(16-15-23(24)7-1)26-17-18-33-32(21-26)36-37(41-33)35(39-22-40-36)28-10-5-9-27(20-28)29-12-6-13-31-30-11-3-4-14-34(30)42-38(29)31/h1-26H;3-24H,1-2H3;1-22H. The third-order valence-corrected chi connectivity index (χ3v) is 32.0. The van der Waals surface area contributed by atoms with Crippen LogP contribution in [-0.4, -0.2) is 29.9 Å². The Kier molecular flexibility index (Phi) is 18.4. The summed E-state index contributed by atoms with van der Waals surface area (Å²) in [5, 5.41) is 20.8. The molecule has 0 unspecified atom stereocenters. The molecule has 1 aliphatic rings. The maximum absolute atomic E-state index is 6.54. The zero-order valence-electron chi connectivity index (χ0n) is 75.0. The van der Waals surface area contributed by atoms with Gasteiger partial charge in [-0.3, -0.25) is 0 Å². The van der Waals surface area contributed by atoms with Crippen molar-refractivity contribution in [2.75, 3.05) is 0 Å². The van der Waals surface area contributed by atoms with Gasteiger partial charge in [0, 0.05) is 98.8 Å². The molecule has 0 saturated carbocycles. The summed E-state index contributed by atoms with van der Waals surface area (Å²) in [6.07, 6.45) is 4.97. The number of hydrogen-bond acceptors (Lipinski definition) is 12. The molecule has 20 aromatic carbocycles. The number of benzene rings is 20. The first-order chi connectivity index (χ1) is 68.6. The van der Waals surface area contributed by atoms with Crippen molar-refractivity contribution in [1.82, 2.24) is 29.9 Å². The largest absolute Gasteiger partial charge is 0.452 e. The number of furan rings is 3. The van der Waals surface area contributed by atoms with E-state index in [1.54, 1.807) is 19.0 Å². The average Bonchev–Trinajstić information content (AvgIpc) is 1.73. The van der Waals surface area contributed by atoms with Gasteiger partial charge in [-0.05, 0) is 223 Å². The maximum Gasteiger partial charge on any atom is 0.180 e. The summed E-state index contributed by atoms with van der Waals surface area (Å²) < 4.78 is 27.3. The minimum absolute atomic E-state index is 0.0481. The van der Waals surface area contributed by atoms with E-state index in [-0.39, 0.29) is 5.41 Å². The molecule has 1 aliphatic carbocycles. The summed E-state index contributed by atoms with van der Waals surface area (Å²) in [5.74, 6) is 0. The van der Waals surface area contributed by atoms with Crippen LogP contribution in [0.5, 0.6) is 0 Å². The first-order valence-electron chi connectivity index (χ1n) is 46.8. The van der Waals surface area contributed by atoms with E-state index in [1.807, 2.05) is 40.1 Å². The summed E-state index contributed by atoms with van der Waals surface area (Å²) in [5.41, 5.74) is 31.9. The molecule has 30 rings (SSSR count). The predicted molar refractivity (Wildman–Crippen MR) is 583 cm³/mol. The van der Waals surface area contributed by atoms with E-state index in [2.05, 4.69) is 419 Å². The first-order valence-corrected chi connectivity index (χ1v) is 49.2. The molecular formula is C127H76N6O3S3. The molecule has 12 heteroatoms. The highest BCUT2D eigenvalue weighted by Crippen LogP contribution is 2.53. The zero-order chi connectivity index (χ0) is 91.7. The maximum atomic E-state index is 6.54. The Labute approximate surface area is 808 Å². The summed E-state index contributed by atoms with van der Waals surface area (Å²) in [7, 11) is 0. The van der Waals surface area contributed by atoms with Crippen LogP contribution in [0.3, 0.4) is 0 Å². The van der Waals surface area contributed by atoms with E-state index in [1.165, 1.54) is 154 Å². The van der Waals surface area contributed by atoms with E-state index in [0.29, 0.717) is 16.7 Å². The smallest absolute Gasteiger partial charge is 0.180 e. The van der Waals surface area contributed by atoms with E-state index in [4.69, 9.17) is 38.2 Å². The van der Waals surface area contributed by atoms with Gasteiger partial charge in [0.15, 0.2) is 16.7 Å². The van der Waals surface area contributed by atoms with Gasteiger partial charge in [0.1, 0.15) is 69.4 Å². The van der Waals surface area contributed by atoms with Gasteiger partial charge in [-0.15, -0.1) is 34.0 Å². The number of hydrogen-bond donors (Lipinski definition) is 0. The van der Waals surface area contributed by atoms with Crippen LogP contribution in [0.2, 0.25) is 0 Å². The van der Waals surface area contributed by atoms with Gasteiger partial charge in [0.2, 0.25) is 0 Å². The fraction of sp³-hybridized carbons (Fsp3) is 0.0236. The van der Waals surface area contributed by atoms with Crippen molar-refractivity contribution in [3.05, 3.63) is 437 Å². The van der Waals surface area contributed by atoms with Crippen LogP contribution in [0.25, 0.3) is 281 Å². The van der Waals surface area contributed by atoms with E-state index < -0.39 is 0 Å². The molecule has 0 spiro atoms. The van der Waals surface area contributed by atoms with Crippen LogP contribution in [0.15, 0.2) is 439 Å². The lowest BCUT2D eigenvalue weighted by atomic mass is 9.81. The summed E-state index contributed by atoms with van der Waals surface area (Å²) >= 11 is 5.54. The minimum atomic E-state index is -0.0481. The van der Waals surface area contributed by atoms with Crippen LogP contribution in [-0.2, 0) is 5.41 Å². The van der Waals surface area contributed by atoms with Gasteiger partial charge in [-0.25, -0.2) is 29.9 Å². The average molecular weight is 1830 g/mol. The second kappa shape index (κ2) is 32.0. The molecule has 9 aromatic heterocycles. The highest BCUT2D eigenvalue weighted by Gasteiger charge is 2.36. The molecule has 0 amide bonds. The van der Waals surface area contributed by atoms with Crippen LogP contribution in [0.1, 0.15) is 25.0 Å². The lowest BCUT2D eigenvalue weighted by Gasteiger charge is -2.22. The highest BCUT2D eigenvalue weighted by atomic mass is 32.1. The number of aromatic nitrogens is 6. The van der Waals surface area contributed by atoms with Crippen LogP contribution >= 0.6 is 34.0 Å². The SMILES string of the molecule is CC1(C)c2ccccc2-c2ccc(-c3ccc4oc5c(-c6cccc(-c7cccc8c7sc7ccccc78)c6)ncnc5c4c3)cc21.c1cc(-c2ncnc3c2oc2ccc(-c4ccc5c6ccccc6c6ccccc6c5c4)cc23)cc(-c2cccc3c2sc2ccccc23)c1.c1cc(-c2ncnc3c2oc2ccc(-c4ccc5ccccc5c4)cc23)cc(-c2cccc3c2sc2ccccc23)c1. The number of fused-ring (bicyclic) bond motifs is 28. The van der Waals surface area contributed by atoms with Crippen molar-refractivity contribution < 1.29 is 13.3 Å². The molecule has 9 heterocycles. The van der Waals surface area contributed by atoms with Crippen molar-refractivity contribution in [3.8, 4) is 112 Å². The Morgan fingerprint density at radius 1 is 0.194 bits per heavy atom. The number of nitrogens with zero attached hydrogens (tertiary/aromatic N) is 6. The topological polar surface area (TPSA) is 117 Å². The molecule has 139 heavy (non-hydrogen) atoms. The predicted octanol–water partition coefficient (Wildman–Crippen LogP) is 36.2. The van der Waals surface area contributed by atoms with Crippen molar-refractivity contribution in [1.29, 1.82) is 0 Å². The van der Waals surface area contributed by atoms with Crippen molar-refractivity contribution in [3.63, 3.8) is 0 Å². The molecular weight excluding hydrogens is 1750 g/mol. The van der Waals surface area contributed by atoms with Gasteiger partial charge >= 0.3 is 0 Å². The fourth-order valence-electron chi connectivity index (χ4n) is 21.6. The lowest BCUT2D eigenvalue weighted by molar-refractivity contribution is 0.660. The Bertz CT molecular complexity index is 10200. The Morgan fingerprint density at radius 2 is 0.504 bits per heavy atom. The monoisotopic (exact) mass is 1830 g/mol. The van der Waals surface area contributed by atoms with Crippen molar-refractivity contribution in [2.45, 2.75) is 19.3 Å². The normalized spacial score (nSPS) is 12.4. The molecule has 650 valence electrons. The van der Waals surface area contributed by atoms with Gasteiger partial charge in [-0.2, -0.15) is 0 Å². The molecule has 0 fully saturated rings. The van der Waals surface area contributed by atoms with Crippen LogP contribution < -0.4 is 0 Å². The number of thiophene rings is 3. The van der Waals surface area contributed by atoms with E-state index >= 15 is 0 Å². The van der Waals surface area contributed by atoms with E-state index in [0.717, 1.165) is 122 Å². The van der Waals surface area contributed by atoms with Crippen molar-refractivity contribution >= 4 is 204 Å². The first kappa shape index (κ1) is 80.2. The van der Waals surface area contributed by atoms with Gasteiger partial charge in [-0.1, -0.05) is 329 Å². The minimum Gasteiger partial charge on any atom is -0.452 e. The third-order valence-electron chi connectivity index (χ3n) is 28.4. The molecule has 0 N–H and O–H groups in total. The van der Waals surface area contributed by atoms with Crippen molar-refractivity contribution in [2.24, 2.45) is 0 Å². The summed E-state index contributed by atoms with van der Waals surface area (Å²) in [6.45, 7) is 4.65. The molecule has 29 aromatic rings. The summed E-state index contributed by atoms with van der Waals surface area (Å²) in [6, 6.07) is 146. The highest BCUT2D eigenvalue weighted by molar-refractivity contribution is 7.27. The molecule has 0 saturated heterocycles. The second-order valence-electron chi connectivity index (χ2n) is 36.6. The Morgan fingerprint density at radius 3 is 0.950 bits per heavy atom. The Balaban J connectivity index is 0.000000103. The molecule has 0 aliphatic heterocycles. The van der Waals surface area contributed by atoms with Crippen LogP contribution in [0, 0.1) is 0 Å².